The third kappa shape index (κ3) is 4.30. The van der Waals surface area contributed by atoms with Crippen LogP contribution in [0.25, 0.3) is 0 Å². The van der Waals surface area contributed by atoms with Crippen LogP contribution in [0.3, 0.4) is 0 Å². The summed E-state index contributed by atoms with van der Waals surface area (Å²) in [5, 5.41) is 2.97. The summed E-state index contributed by atoms with van der Waals surface area (Å²) < 4.78 is 26.4. The molecule has 22 heavy (non-hydrogen) atoms. The lowest BCUT2D eigenvalue weighted by atomic mass is 10.2. The van der Waals surface area contributed by atoms with Crippen LogP contribution in [0.15, 0.2) is 53.4 Å². The van der Waals surface area contributed by atoms with E-state index in [9.17, 15) is 13.2 Å². The Labute approximate surface area is 134 Å². The Bertz CT molecular complexity index is 791. The van der Waals surface area contributed by atoms with Crippen molar-refractivity contribution in [3.63, 3.8) is 0 Å². The fourth-order valence-corrected chi connectivity index (χ4v) is 3.07. The number of para-hydroxylation sites is 1. The van der Waals surface area contributed by atoms with E-state index in [1.807, 2.05) is 19.1 Å². The van der Waals surface area contributed by atoms with Crippen molar-refractivity contribution in [3.8, 4) is 0 Å². The molecule has 0 atom stereocenters. The van der Waals surface area contributed by atoms with E-state index in [-0.39, 0.29) is 11.4 Å². The van der Waals surface area contributed by atoms with Crippen molar-refractivity contribution in [1.82, 2.24) is 4.72 Å². The second kappa shape index (κ2) is 6.91. The number of benzene rings is 2. The van der Waals surface area contributed by atoms with E-state index < -0.39 is 15.9 Å². The van der Waals surface area contributed by atoms with Crippen LogP contribution in [0.1, 0.15) is 5.56 Å². The molecule has 0 spiro atoms. The maximum absolute atomic E-state index is 12.1. The number of halogens is 1. The predicted octanol–water partition coefficient (Wildman–Crippen LogP) is 2.57. The summed E-state index contributed by atoms with van der Waals surface area (Å²) in [5.41, 5.74) is 1.54. The molecule has 116 valence electrons. The number of carbonyl (C=O) groups excluding carboxylic acids is 1. The lowest BCUT2D eigenvalue weighted by Gasteiger charge is -2.09. The van der Waals surface area contributed by atoms with Gasteiger partial charge >= 0.3 is 0 Å². The Morgan fingerprint density at radius 1 is 1.14 bits per heavy atom. The first-order valence-electron chi connectivity index (χ1n) is 6.49. The minimum atomic E-state index is -3.78. The molecule has 0 radical (unpaired) electrons. The number of anilines is 1. The van der Waals surface area contributed by atoms with Gasteiger partial charge in [0.05, 0.1) is 11.4 Å². The molecule has 5 nitrogen and oxygen atoms in total. The molecule has 0 aliphatic carbocycles. The van der Waals surface area contributed by atoms with Gasteiger partial charge in [0.2, 0.25) is 15.9 Å². The number of hydrogen-bond donors (Lipinski definition) is 2. The van der Waals surface area contributed by atoms with Gasteiger partial charge in [-0.2, -0.15) is 0 Å². The van der Waals surface area contributed by atoms with Crippen LogP contribution in [0.2, 0.25) is 5.02 Å². The molecule has 0 bridgehead atoms. The molecule has 0 aliphatic rings. The average molecular weight is 339 g/mol. The van der Waals surface area contributed by atoms with Crippen molar-refractivity contribution in [1.29, 1.82) is 0 Å². The predicted molar refractivity (Wildman–Crippen MR) is 86.4 cm³/mol. The minimum Gasteiger partial charge on any atom is -0.325 e. The molecule has 0 saturated heterocycles. The quantitative estimate of drug-likeness (QED) is 0.879. The van der Waals surface area contributed by atoms with E-state index in [2.05, 4.69) is 10.0 Å². The van der Waals surface area contributed by atoms with Crippen molar-refractivity contribution in [2.75, 3.05) is 11.9 Å². The van der Waals surface area contributed by atoms with E-state index in [0.717, 1.165) is 5.56 Å². The summed E-state index contributed by atoms with van der Waals surface area (Å²) in [6, 6.07) is 13.1. The Hall–Kier alpha value is -1.89. The minimum absolute atomic E-state index is 0.0173. The number of aryl methyl sites for hydroxylation is 1. The number of sulfonamides is 1. The van der Waals surface area contributed by atoms with Gasteiger partial charge in [0.25, 0.3) is 0 Å². The first-order chi connectivity index (χ1) is 10.4. The van der Waals surface area contributed by atoms with Crippen LogP contribution in [-0.2, 0) is 14.8 Å². The van der Waals surface area contributed by atoms with Crippen molar-refractivity contribution in [3.05, 3.63) is 59.1 Å². The molecule has 2 aromatic rings. The SMILES string of the molecule is Cc1ccccc1NC(=O)CNS(=O)(=O)c1cccc(Cl)c1. The van der Waals surface area contributed by atoms with E-state index in [1.165, 1.54) is 18.2 Å². The van der Waals surface area contributed by atoms with E-state index in [1.54, 1.807) is 18.2 Å². The smallest absolute Gasteiger partial charge is 0.241 e. The van der Waals surface area contributed by atoms with Crippen molar-refractivity contribution < 1.29 is 13.2 Å². The zero-order chi connectivity index (χ0) is 16.2. The van der Waals surface area contributed by atoms with Crippen LogP contribution in [0.4, 0.5) is 5.69 Å². The molecular formula is C15H15ClN2O3S. The van der Waals surface area contributed by atoms with Gasteiger partial charge in [0.15, 0.2) is 0 Å². The monoisotopic (exact) mass is 338 g/mol. The van der Waals surface area contributed by atoms with E-state index in [4.69, 9.17) is 11.6 Å². The Kier molecular flexibility index (Phi) is 5.18. The molecule has 0 aromatic heterocycles. The Morgan fingerprint density at radius 3 is 2.55 bits per heavy atom. The van der Waals surface area contributed by atoms with Crippen LogP contribution >= 0.6 is 11.6 Å². The van der Waals surface area contributed by atoms with Gasteiger partial charge in [-0.15, -0.1) is 0 Å². The normalized spacial score (nSPS) is 11.2. The molecule has 0 unspecified atom stereocenters. The zero-order valence-electron chi connectivity index (χ0n) is 11.8. The standard InChI is InChI=1S/C15H15ClN2O3S/c1-11-5-2-3-8-14(11)18-15(19)10-17-22(20,21)13-7-4-6-12(16)9-13/h2-9,17H,10H2,1H3,(H,18,19). The first kappa shape index (κ1) is 16.5. The van der Waals surface area contributed by atoms with Gasteiger partial charge in [-0.25, -0.2) is 13.1 Å². The highest BCUT2D eigenvalue weighted by atomic mass is 35.5. The number of carbonyl (C=O) groups is 1. The fourth-order valence-electron chi connectivity index (χ4n) is 1.79. The molecule has 0 aliphatic heterocycles. The summed E-state index contributed by atoms with van der Waals surface area (Å²) in [5.74, 6) is -0.445. The molecule has 2 N–H and O–H groups in total. The molecule has 0 saturated carbocycles. The van der Waals surface area contributed by atoms with Gasteiger partial charge in [-0.05, 0) is 36.8 Å². The molecule has 7 heteroatoms. The summed E-state index contributed by atoms with van der Waals surface area (Å²) >= 11 is 5.77. The average Bonchev–Trinajstić information content (AvgIpc) is 2.48. The molecule has 2 aromatic carbocycles. The number of nitrogens with one attached hydrogen (secondary N) is 2. The second-order valence-electron chi connectivity index (χ2n) is 4.65. The number of hydrogen-bond acceptors (Lipinski definition) is 3. The first-order valence-corrected chi connectivity index (χ1v) is 8.35. The van der Waals surface area contributed by atoms with Crippen molar-refractivity contribution in [2.24, 2.45) is 0 Å². The van der Waals surface area contributed by atoms with Gasteiger partial charge in [0.1, 0.15) is 0 Å². The summed E-state index contributed by atoms with van der Waals surface area (Å²) in [6.45, 7) is 1.49. The van der Waals surface area contributed by atoms with Crippen molar-refractivity contribution in [2.45, 2.75) is 11.8 Å². The lowest BCUT2D eigenvalue weighted by molar-refractivity contribution is -0.115. The van der Waals surface area contributed by atoms with Crippen LogP contribution in [0.5, 0.6) is 0 Å². The second-order valence-corrected chi connectivity index (χ2v) is 6.85. The third-order valence-corrected chi connectivity index (χ3v) is 4.58. The molecular weight excluding hydrogens is 324 g/mol. The number of rotatable bonds is 5. The van der Waals surface area contributed by atoms with Gasteiger partial charge in [-0.3, -0.25) is 4.79 Å². The van der Waals surface area contributed by atoms with Gasteiger partial charge in [0, 0.05) is 10.7 Å². The molecule has 0 fully saturated rings. The summed E-state index contributed by atoms with van der Waals surface area (Å²) in [4.78, 5) is 11.9. The maximum atomic E-state index is 12.1. The molecule has 2 rings (SSSR count). The van der Waals surface area contributed by atoms with Crippen LogP contribution in [-0.4, -0.2) is 20.9 Å². The van der Waals surface area contributed by atoms with E-state index >= 15 is 0 Å². The maximum Gasteiger partial charge on any atom is 0.241 e. The third-order valence-electron chi connectivity index (χ3n) is 2.95. The molecule has 1 amide bonds. The Morgan fingerprint density at radius 2 is 1.86 bits per heavy atom. The highest BCUT2D eigenvalue weighted by Crippen LogP contribution is 2.15. The topological polar surface area (TPSA) is 75.3 Å². The summed E-state index contributed by atoms with van der Waals surface area (Å²) in [6.07, 6.45) is 0. The van der Waals surface area contributed by atoms with Gasteiger partial charge < -0.3 is 5.32 Å². The highest BCUT2D eigenvalue weighted by molar-refractivity contribution is 7.89. The number of amides is 1. The molecule has 0 heterocycles. The highest BCUT2D eigenvalue weighted by Gasteiger charge is 2.16. The van der Waals surface area contributed by atoms with Crippen LogP contribution < -0.4 is 10.0 Å². The lowest BCUT2D eigenvalue weighted by Crippen LogP contribution is -2.33. The summed E-state index contributed by atoms with van der Waals surface area (Å²) in [7, 11) is -3.78. The zero-order valence-corrected chi connectivity index (χ0v) is 13.4. The van der Waals surface area contributed by atoms with Gasteiger partial charge in [-0.1, -0.05) is 35.9 Å². The fraction of sp³-hybridized carbons (Fsp3) is 0.133. The Balaban J connectivity index is 2.00. The van der Waals surface area contributed by atoms with E-state index in [0.29, 0.717) is 10.7 Å². The largest absolute Gasteiger partial charge is 0.325 e. The van der Waals surface area contributed by atoms with Crippen molar-refractivity contribution >= 4 is 33.2 Å². The van der Waals surface area contributed by atoms with Crippen LogP contribution in [0, 0.1) is 6.92 Å².